The average Bonchev–Trinajstić information content (AvgIpc) is 2.70. The van der Waals surface area contributed by atoms with Gasteiger partial charge in [-0.25, -0.2) is 8.42 Å². The van der Waals surface area contributed by atoms with Gasteiger partial charge >= 0.3 is 0 Å². The lowest BCUT2D eigenvalue weighted by molar-refractivity contribution is 0.0647. The van der Waals surface area contributed by atoms with Crippen molar-refractivity contribution in [3.8, 4) is 0 Å². The highest BCUT2D eigenvalue weighted by atomic mass is 32.2. The van der Waals surface area contributed by atoms with Crippen molar-refractivity contribution in [3.63, 3.8) is 0 Å². The number of amides is 1. The summed E-state index contributed by atoms with van der Waals surface area (Å²) in [6.07, 6.45) is 8.55. The molecule has 27 heavy (non-hydrogen) atoms. The van der Waals surface area contributed by atoms with Gasteiger partial charge in [0.25, 0.3) is 5.91 Å². The third kappa shape index (κ3) is 4.37. The zero-order chi connectivity index (χ0) is 19.4. The van der Waals surface area contributed by atoms with E-state index in [0.717, 1.165) is 44.9 Å². The molecular weight excluding hydrogens is 360 g/mol. The lowest BCUT2D eigenvalue weighted by atomic mass is 9.93. The number of nitrogens with zero attached hydrogens (tertiary/aromatic N) is 2. The molecule has 1 saturated carbocycles. The average molecular weight is 393 g/mol. The number of aryl methyl sites for hydroxylation is 1. The van der Waals surface area contributed by atoms with Gasteiger partial charge in [-0.3, -0.25) is 4.79 Å². The Morgan fingerprint density at radius 3 is 2.33 bits per heavy atom. The fraction of sp³-hybridized carbons (Fsp3) is 0.667. The maximum atomic E-state index is 13.2. The molecule has 3 rings (SSSR count). The quantitative estimate of drug-likeness (QED) is 0.762. The first-order chi connectivity index (χ1) is 12.9. The van der Waals surface area contributed by atoms with E-state index in [0.29, 0.717) is 30.8 Å². The molecule has 0 spiro atoms. The molecule has 0 radical (unpaired) electrons. The molecule has 150 valence electrons. The summed E-state index contributed by atoms with van der Waals surface area (Å²) in [6.45, 7) is 5.62. The third-order valence-corrected chi connectivity index (χ3v) is 8.03. The van der Waals surface area contributed by atoms with Gasteiger partial charge in [-0.1, -0.05) is 31.7 Å². The predicted molar refractivity (Wildman–Crippen MR) is 107 cm³/mol. The molecule has 0 atom stereocenters. The van der Waals surface area contributed by atoms with E-state index < -0.39 is 10.0 Å². The standard InChI is InChI=1S/C21H32N2O3S/c1-3-23(19-10-6-4-7-11-19)21(24)18-13-12-17(2)20(16-18)27(25,26)22-14-8-5-9-15-22/h12-13,16,19H,3-11,14-15H2,1-2H3. The van der Waals surface area contributed by atoms with Crippen LogP contribution in [0.4, 0.5) is 0 Å². The molecule has 5 nitrogen and oxygen atoms in total. The molecule has 0 unspecified atom stereocenters. The van der Waals surface area contributed by atoms with Crippen molar-refractivity contribution in [1.29, 1.82) is 0 Å². The van der Waals surface area contributed by atoms with Gasteiger partial charge < -0.3 is 4.90 Å². The lowest BCUT2D eigenvalue weighted by Gasteiger charge is -2.34. The van der Waals surface area contributed by atoms with Crippen LogP contribution in [0, 0.1) is 6.92 Å². The van der Waals surface area contributed by atoms with Crippen LogP contribution in [0.1, 0.15) is 74.2 Å². The summed E-state index contributed by atoms with van der Waals surface area (Å²) in [4.78, 5) is 15.4. The Hall–Kier alpha value is -1.40. The second-order valence-corrected chi connectivity index (χ2v) is 9.73. The van der Waals surface area contributed by atoms with Crippen molar-refractivity contribution in [2.75, 3.05) is 19.6 Å². The molecule has 6 heteroatoms. The van der Waals surface area contributed by atoms with Crippen molar-refractivity contribution >= 4 is 15.9 Å². The molecule has 1 aliphatic heterocycles. The SMILES string of the molecule is CCN(C(=O)c1ccc(C)c(S(=O)(=O)N2CCCCC2)c1)C1CCCCC1. The minimum absolute atomic E-state index is 0.0421. The molecule has 0 bridgehead atoms. The largest absolute Gasteiger partial charge is 0.336 e. The Kier molecular flexibility index (Phi) is 6.58. The van der Waals surface area contributed by atoms with Gasteiger partial charge in [0.2, 0.25) is 10.0 Å². The number of carbonyl (C=O) groups is 1. The van der Waals surface area contributed by atoms with Crippen LogP contribution in [0.15, 0.2) is 23.1 Å². The first-order valence-corrected chi connectivity index (χ1v) is 11.8. The van der Waals surface area contributed by atoms with Crippen LogP contribution >= 0.6 is 0 Å². The number of hydrogen-bond donors (Lipinski definition) is 0. The first kappa shape index (κ1) is 20.3. The van der Waals surface area contributed by atoms with E-state index in [-0.39, 0.29) is 16.8 Å². The fourth-order valence-corrected chi connectivity index (χ4v) is 6.15. The van der Waals surface area contributed by atoms with Gasteiger partial charge in [0.1, 0.15) is 0 Å². The second kappa shape index (κ2) is 8.74. The molecule has 1 amide bonds. The number of piperidine rings is 1. The molecular formula is C21H32N2O3S. The minimum Gasteiger partial charge on any atom is -0.336 e. The topological polar surface area (TPSA) is 57.7 Å². The molecule has 1 aromatic carbocycles. The summed E-state index contributed by atoms with van der Waals surface area (Å²) < 4.78 is 27.8. The minimum atomic E-state index is -3.54. The molecule has 0 aromatic heterocycles. The van der Waals surface area contributed by atoms with E-state index >= 15 is 0 Å². The van der Waals surface area contributed by atoms with Crippen molar-refractivity contribution in [1.82, 2.24) is 9.21 Å². The van der Waals surface area contributed by atoms with E-state index in [4.69, 9.17) is 0 Å². The monoisotopic (exact) mass is 392 g/mol. The maximum absolute atomic E-state index is 13.2. The Balaban J connectivity index is 1.88. The molecule has 1 aromatic rings. The third-order valence-electron chi connectivity index (χ3n) is 5.98. The maximum Gasteiger partial charge on any atom is 0.254 e. The smallest absolute Gasteiger partial charge is 0.254 e. The second-order valence-electron chi connectivity index (χ2n) is 7.83. The van der Waals surface area contributed by atoms with Gasteiger partial charge in [0, 0.05) is 31.2 Å². The van der Waals surface area contributed by atoms with Crippen molar-refractivity contribution < 1.29 is 13.2 Å². The number of carbonyl (C=O) groups excluding carboxylic acids is 1. The highest BCUT2D eigenvalue weighted by Crippen LogP contribution is 2.27. The molecule has 2 aliphatic rings. The van der Waals surface area contributed by atoms with Crippen LogP contribution < -0.4 is 0 Å². The molecule has 1 aliphatic carbocycles. The lowest BCUT2D eigenvalue weighted by Crippen LogP contribution is -2.41. The Bertz CT molecular complexity index is 764. The number of hydrogen-bond acceptors (Lipinski definition) is 3. The molecule has 1 saturated heterocycles. The summed E-state index contributed by atoms with van der Waals surface area (Å²) >= 11 is 0. The Labute approximate surface area is 163 Å². The van der Waals surface area contributed by atoms with E-state index in [1.807, 2.05) is 18.7 Å². The van der Waals surface area contributed by atoms with Crippen LogP contribution in [-0.2, 0) is 10.0 Å². The molecule has 0 N–H and O–H groups in total. The highest BCUT2D eigenvalue weighted by Gasteiger charge is 2.30. The molecule has 1 heterocycles. The highest BCUT2D eigenvalue weighted by molar-refractivity contribution is 7.89. The van der Waals surface area contributed by atoms with Gasteiger partial charge in [-0.05, 0) is 57.2 Å². The summed E-state index contributed by atoms with van der Waals surface area (Å²) in [6, 6.07) is 5.43. The number of benzene rings is 1. The van der Waals surface area contributed by atoms with Crippen LogP contribution in [0.25, 0.3) is 0 Å². The van der Waals surface area contributed by atoms with Crippen LogP contribution in [-0.4, -0.2) is 49.2 Å². The Morgan fingerprint density at radius 1 is 1.07 bits per heavy atom. The Morgan fingerprint density at radius 2 is 1.70 bits per heavy atom. The summed E-state index contributed by atoms with van der Waals surface area (Å²) in [5.74, 6) is -0.0421. The van der Waals surface area contributed by atoms with E-state index in [1.54, 1.807) is 22.5 Å². The summed E-state index contributed by atoms with van der Waals surface area (Å²) in [7, 11) is -3.54. The number of sulfonamides is 1. The van der Waals surface area contributed by atoms with Crippen molar-refractivity contribution in [2.45, 2.75) is 76.2 Å². The first-order valence-electron chi connectivity index (χ1n) is 10.4. The predicted octanol–water partition coefficient (Wildman–Crippen LogP) is 3.96. The number of rotatable bonds is 5. The van der Waals surface area contributed by atoms with E-state index in [9.17, 15) is 13.2 Å². The van der Waals surface area contributed by atoms with Crippen LogP contribution in [0.3, 0.4) is 0 Å². The molecule has 2 fully saturated rings. The van der Waals surface area contributed by atoms with Gasteiger partial charge in [0.05, 0.1) is 4.90 Å². The summed E-state index contributed by atoms with van der Waals surface area (Å²) in [5, 5.41) is 0. The fourth-order valence-electron chi connectivity index (χ4n) is 4.38. The normalized spacial score (nSPS) is 19.8. The van der Waals surface area contributed by atoms with Gasteiger partial charge in [-0.2, -0.15) is 4.31 Å². The van der Waals surface area contributed by atoms with Crippen LogP contribution in [0.5, 0.6) is 0 Å². The van der Waals surface area contributed by atoms with Crippen molar-refractivity contribution in [2.24, 2.45) is 0 Å². The van der Waals surface area contributed by atoms with Crippen LogP contribution in [0.2, 0.25) is 0 Å². The van der Waals surface area contributed by atoms with Gasteiger partial charge in [0.15, 0.2) is 0 Å². The zero-order valence-electron chi connectivity index (χ0n) is 16.6. The van der Waals surface area contributed by atoms with E-state index in [1.165, 1.54) is 6.42 Å². The zero-order valence-corrected chi connectivity index (χ0v) is 17.4. The summed E-state index contributed by atoms with van der Waals surface area (Å²) in [5.41, 5.74) is 1.20. The van der Waals surface area contributed by atoms with Gasteiger partial charge in [-0.15, -0.1) is 0 Å². The van der Waals surface area contributed by atoms with E-state index in [2.05, 4.69) is 0 Å². The van der Waals surface area contributed by atoms with Crippen molar-refractivity contribution in [3.05, 3.63) is 29.3 Å².